The zero-order valence-electron chi connectivity index (χ0n) is 19.0. The fourth-order valence-electron chi connectivity index (χ4n) is 4.39. The summed E-state index contributed by atoms with van der Waals surface area (Å²) in [7, 11) is 0. The Morgan fingerprint density at radius 2 is 1.75 bits per heavy atom. The first-order valence-corrected chi connectivity index (χ1v) is 12.1. The molecule has 0 spiro atoms. The van der Waals surface area contributed by atoms with Gasteiger partial charge in [-0.1, -0.05) is 19.1 Å². The molecule has 8 heteroatoms. The van der Waals surface area contributed by atoms with E-state index in [9.17, 15) is 4.39 Å². The second-order valence-corrected chi connectivity index (χ2v) is 9.46. The zero-order chi connectivity index (χ0) is 22.5. The van der Waals surface area contributed by atoms with Crippen LogP contribution >= 0.6 is 12.2 Å². The number of anilines is 3. The van der Waals surface area contributed by atoms with Crippen LogP contribution in [0, 0.1) is 11.7 Å². The van der Waals surface area contributed by atoms with Crippen molar-refractivity contribution in [3.8, 4) is 0 Å². The molecule has 0 unspecified atom stereocenters. The minimum Gasteiger partial charge on any atom is -0.358 e. The highest BCUT2D eigenvalue weighted by atomic mass is 32.1. The van der Waals surface area contributed by atoms with Crippen LogP contribution in [0.25, 0.3) is 0 Å². The van der Waals surface area contributed by atoms with E-state index in [1.54, 1.807) is 12.1 Å². The Labute approximate surface area is 195 Å². The quantitative estimate of drug-likeness (QED) is 0.632. The van der Waals surface area contributed by atoms with Crippen LogP contribution in [-0.4, -0.2) is 40.8 Å². The van der Waals surface area contributed by atoms with Gasteiger partial charge in [-0.05, 0) is 74.9 Å². The number of nitrogens with one attached hydrogen (secondary N) is 2. The number of piperidine rings is 2. The van der Waals surface area contributed by atoms with Crippen LogP contribution in [0.5, 0.6) is 0 Å². The molecule has 172 valence electrons. The van der Waals surface area contributed by atoms with E-state index in [1.807, 2.05) is 0 Å². The maximum absolute atomic E-state index is 13.1. The molecule has 3 heterocycles. The van der Waals surface area contributed by atoms with Crippen LogP contribution in [0.1, 0.15) is 51.5 Å². The Kier molecular flexibility index (Phi) is 7.40. The van der Waals surface area contributed by atoms with Crippen molar-refractivity contribution in [2.75, 3.05) is 34.8 Å². The number of hydrogen-bond donors (Lipinski definition) is 2. The summed E-state index contributed by atoms with van der Waals surface area (Å²) in [6.45, 7) is 8.13. The van der Waals surface area contributed by atoms with Crippen LogP contribution in [0.2, 0.25) is 0 Å². The van der Waals surface area contributed by atoms with Gasteiger partial charge in [0.2, 0.25) is 5.95 Å². The molecule has 1 aromatic carbocycles. The predicted molar refractivity (Wildman–Crippen MR) is 133 cm³/mol. The lowest BCUT2D eigenvalue weighted by atomic mass is 9.99. The Morgan fingerprint density at radius 1 is 1.03 bits per heavy atom. The highest BCUT2D eigenvalue weighted by molar-refractivity contribution is 7.80. The molecule has 2 aliphatic rings. The smallest absolute Gasteiger partial charge is 0.232 e. The molecule has 4 rings (SSSR count). The Bertz CT molecular complexity index is 913. The molecule has 0 amide bonds. The third-order valence-electron chi connectivity index (χ3n) is 6.50. The summed E-state index contributed by atoms with van der Waals surface area (Å²) in [5.41, 5.74) is 0.954. The van der Waals surface area contributed by atoms with E-state index < -0.39 is 0 Å². The number of benzene rings is 1. The van der Waals surface area contributed by atoms with Crippen LogP contribution in [0.3, 0.4) is 0 Å². The summed E-state index contributed by atoms with van der Waals surface area (Å²) in [5, 5.41) is 6.80. The maximum Gasteiger partial charge on any atom is 0.232 e. The Balaban J connectivity index is 1.50. The van der Waals surface area contributed by atoms with Crippen molar-refractivity contribution in [2.45, 2.75) is 58.5 Å². The van der Waals surface area contributed by atoms with Crippen molar-refractivity contribution in [2.24, 2.45) is 5.92 Å². The van der Waals surface area contributed by atoms with Crippen molar-refractivity contribution in [1.82, 2.24) is 15.3 Å². The van der Waals surface area contributed by atoms with Crippen LogP contribution in [0.4, 0.5) is 22.0 Å². The molecule has 6 nitrogen and oxygen atoms in total. The number of aromatic nitrogens is 2. The summed E-state index contributed by atoms with van der Waals surface area (Å²) < 4.78 is 13.1. The minimum atomic E-state index is -0.244. The molecule has 0 radical (unpaired) electrons. The molecule has 2 saturated heterocycles. The van der Waals surface area contributed by atoms with E-state index in [-0.39, 0.29) is 5.82 Å². The number of nitrogens with zero attached hydrogens (tertiary/aromatic N) is 4. The lowest BCUT2D eigenvalue weighted by Crippen LogP contribution is -2.39. The van der Waals surface area contributed by atoms with E-state index in [2.05, 4.69) is 40.3 Å². The number of rotatable bonds is 5. The maximum atomic E-state index is 13.1. The lowest BCUT2D eigenvalue weighted by Gasteiger charge is -2.36. The summed E-state index contributed by atoms with van der Waals surface area (Å²) >= 11 is 5.50. The summed E-state index contributed by atoms with van der Waals surface area (Å²) in [4.78, 5) is 14.4. The molecule has 0 saturated carbocycles. The fraction of sp³-hybridized carbons (Fsp3) is 0.542. The summed E-state index contributed by atoms with van der Waals surface area (Å²) in [5.74, 6) is 2.96. The summed E-state index contributed by atoms with van der Waals surface area (Å²) in [6, 6.07) is 8.99. The number of hydrogen-bond acceptors (Lipinski definition) is 5. The summed E-state index contributed by atoms with van der Waals surface area (Å²) in [6.07, 6.45) is 5.99. The molecule has 1 atom stereocenters. The van der Waals surface area contributed by atoms with Crippen molar-refractivity contribution in [1.29, 1.82) is 0 Å². The fourth-order valence-corrected chi connectivity index (χ4v) is 4.56. The van der Waals surface area contributed by atoms with Crippen molar-refractivity contribution in [3.05, 3.63) is 41.7 Å². The third kappa shape index (κ3) is 5.85. The molecule has 0 bridgehead atoms. The second-order valence-electron chi connectivity index (χ2n) is 9.05. The minimum absolute atomic E-state index is 0.244. The molecule has 0 aliphatic carbocycles. The predicted octanol–water partition coefficient (Wildman–Crippen LogP) is 4.72. The first-order valence-electron chi connectivity index (χ1n) is 11.7. The van der Waals surface area contributed by atoms with Gasteiger partial charge in [0.25, 0.3) is 0 Å². The number of thiocarbonyl (C=S) groups is 1. The topological polar surface area (TPSA) is 56.3 Å². The SMILES string of the molecule is CC1CCN(c2cc(N3CCCC[C@@H]3C)nc(NC(=S)NCc3ccc(F)cc3)n2)CC1. The molecule has 2 fully saturated rings. The van der Waals surface area contributed by atoms with E-state index in [4.69, 9.17) is 22.2 Å². The highest BCUT2D eigenvalue weighted by Gasteiger charge is 2.24. The Hall–Kier alpha value is -2.48. The van der Waals surface area contributed by atoms with Gasteiger partial charge in [-0.25, -0.2) is 4.39 Å². The number of halogens is 1. The van der Waals surface area contributed by atoms with Gasteiger partial charge < -0.3 is 20.4 Å². The van der Waals surface area contributed by atoms with Gasteiger partial charge in [-0.3, -0.25) is 0 Å². The Morgan fingerprint density at radius 3 is 2.47 bits per heavy atom. The van der Waals surface area contributed by atoms with Gasteiger partial charge in [0.15, 0.2) is 5.11 Å². The van der Waals surface area contributed by atoms with Crippen LogP contribution < -0.4 is 20.4 Å². The largest absolute Gasteiger partial charge is 0.358 e. The van der Waals surface area contributed by atoms with Gasteiger partial charge >= 0.3 is 0 Å². The average Bonchev–Trinajstić information content (AvgIpc) is 2.79. The van der Waals surface area contributed by atoms with Gasteiger partial charge in [0.1, 0.15) is 17.5 Å². The highest BCUT2D eigenvalue weighted by Crippen LogP contribution is 2.29. The first kappa shape index (κ1) is 22.7. The molecular formula is C24H33FN6S. The van der Waals surface area contributed by atoms with Gasteiger partial charge in [0.05, 0.1) is 0 Å². The second kappa shape index (κ2) is 10.4. The molecule has 2 aliphatic heterocycles. The molecule has 32 heavy (non-hydrogen) atoms. The molecule has 2 N–H and O–H groups in total. The third-order valence-corrected chi connectivity index (χ3v) is 6.74. The van der Waals surface area contributed by atoms with Crippen molar-refractivity contribution >= 4 is 34.9 Å². The van der Waals surface area contributed by atoms with Gasteiger partial charge in [-0.15, -0.1) is 0 Å². The van der Waals surface area contributed by atoms with Crippen molar-refractivity contribution in [3.63, 3.8) is 0 Å². The van der Waals surface area contributed by atoms with Crippen LogP contribution in [0.15, 0.2) is 30.3 Å². The van der Waals surface area contributed by atoms with Gasteiger partial charge in [0, 0.05) is 38.3 Å². The van der Waals surface area contributed by atoms with Crippen LogP contribution in [-0.2, 0) is 6.54 Å². The molecule has 1 aromatic heterocycles. The standard InChI is InChI=1S/C24H33FN6S/c1-17-10-13-30(14-11-17)21-15-22(31-12-4-3-5-18(31)2)28-23(27-21)29-24(32)26-16-19-6-8-20(25)9-7-19/h6-9,15,17-18H,3-5,10-14,16H2,1-2H3,(H2,26,27,28,29,32)/t18-/m0/s1. The normalized spacial score (nSPS) is 19.7. The zero-order valence-corrected chi connectivity index (χ0v) is 19.8. The van der Waals surface area contributed by atoms with E-state index in [0.29, 0.717) is 23.6 Å². The first-order chi connectivity index (χ1) is 15.5. The van der Waals surface area contributed by atoms with E-state index >= 15 is 0 Å². The average molecular weight is 457 g/mol. The van der Waals surface area contributed by atoms with E-state index in [1.165, 1.54) is 44.2 Å². The monoisotopic (exact) mass is 456 g/mol. The molecule has 2 aromatic rings. The van der Waals surface area contributed by atoms with Crippen molar-refractivity contribution < 1.29 is 4.39 Å². The van der Waals surface area contributed by atoms with Gasteiger partial charge in [-0.2, -0.15) is 9.97 Å². The van der Waals surface area contributed by atoms with E-state index in [0.717, 1.165) is 42.8 Å². The lowest BCUT2D eigenvalue weighted by molar-refractivity contribution is 0.436. The molecular weight excluding hydrogens is 423 g/mol.